The summed E-state index contributed by atoms with van der Waals surface area (Å²) in [6, 6.07) is 6.83. The summed E-state index contributed by atoms with van der Waals surface area (Å²) in [6.45, 7) is 5.09. The second kappa shape index (κ2) is 4.76. The predicted molar refractivity (Wildman–Crippen MR) is 86.8 cm³/mol. The highest BCUT2D eigenvalue weighted by atomic mass is 16.5. The van der Waals surface area contributed by atoms with Gasteiger partial charge in [0.1, 0.15) is 5.75 Å². The van der Waals surface area contributed by atoms with Crippen LogP contribution in [0, 0.1) is 23.2 Å². The van der Waals surface area contributed by atoms with Crippen molar-refractivity contribution in [2.45, 2.75) is 58.3 Å². The van der Waals surface area contributed by atoms with Crippen molar-refractivity contribution in [3.05, 3.63) is 29.3 Å². The fourth-order valence-electron chi connectivity index (χ4n) is 5.95. The average Bonchev–Trinajstić information content (AvgIpc) is 2.82. The number of ether oxygens (including phenoxy) is 1. The monoisotopic (exact) mass is 284 g/mol. The third-order valence-corrected chi connectivity index (χ3v) is 7.41. The van der Waals surface area contributed by atoms with Crippen LogP contribution < -0.4 is 4.74 Å². The highest BCUT2D eigenvalue weighted by molar-refractivity contribution is 5.40. The molecule has 3 aliphatic rings. The Balaban J connectivity index is 1.68. The van der Waals surface area contributed by atoms with Crippen LogP contribution in [0.5, 0.6) is 5.75 Å². The number of benzene rings is 1. The normalized spacial score (nSPS) is 41.1. The number of hydrogen-bond donors (Lipinski definition) is 0. The van der Waals surface area contributed by atoms with Crippen LogP contribution >= 0.6 is 0 Å². The first-order chi connectivity index (χ1) is 10.1. The van der Waals surface area contributed by atoms with Crippen molar-refractivity contribution >= 4 is 0 Å². The maximum Gasteiger partial charge on any atom is 0.119 e. The van der Waals surface area contributed by atoms with Crippen molar-refractivity contribution in [2.75, 3.05) is 7.11 Å². The third kappa shape index (κ3) is 1.89. The topological polar surface area (TPSA) is 9.23 Å². The molecule has 2 fully saturated rings. The zero-order chi connectivity index (χ0) is 14.6. The van der Waals surface area contributed by atoms with Gasteiger partial charge in [-0.15, -0.1) is 0 Å². The highest BCUT2D eigenvalue weighted by Crippen LogP contribution is 2.62. The Hall–Kier alpha value is -0.980. The van der Waals surface area contributed by atoms with Gasteiger partial charge in [-0.2, -0.15) is 0 Å². The molecule has 1 heteroatoms. The highest BCUT2D eigenvalue weighted by Gasteiger charge is 2.53. The summed E-state index contributed by atoms with van der Waals surface area (Å²) in [7, 11) is 1.78. The number of aryl methyl sites for hydroxylation is 1. The van der Waals surface area contributed by atoms with Gasteiger partial charge in [-0.25, -0.2) is 0 Å². The van der Waals surface area contributed by atoms with Gasteiger partial charge >= 0.3 is 0 Å². The first-order valence-electron chi connectivity index (χ1n) is 8.80. The lowest BCUT2D eigenvalue weighted by molar-refractivity contribution is 0.0336. The molecule has 3 aliphatic carbocycles. The van der Waals surface area contributed by atoms with Crippen LogP contribution in [0.2, 0.25) is 0 Å². The first kappa shape index (κ1) is 13.7. The molecule has 1 aromatic rings. The van der Waals surface area contributed by atoms with Crippen LogP contribution in [0.15, 0.2) is 18.2 Å². The van der Waals surface area contributed by atoms with Crippen LogP contribution in [-0.2, 0) is 6.42 Å². The van der Waals surface area contributed by atoms with Crippen LogP contribution in [0.25, 0.3) is 0 Å². The lowest BCUT2D eigenvalue weighted by Gasteiger charge is -2.50. The number of fused-ring (bicyclic) bond motifs is 5. The van der Waals surface area contributed by atoms with Crippen LogP contribution in [0.1, 0.15) is 63.0 Å². The van der Waals surface area contributed by atoms with Gasteiger partial charge in [0.25, 0.3) is 0 Å². The van der Waals surface area contributed by atoms with E-state index < -0.39 is 0 Å². The van der Waals surface area contributed by atoms with Gasteiger partial charge in [-0.3, -0.25) is 0 Å². The number of methoxy groups -OCH3 is 1. The minimum Gasteiger partial charge on any atom is -0.497 e. The molecular weight excluding hydrogens is 256 g/mol. The van der Waals surface area contributed by atoms with Crippen molar-refractivity contribution in [2.24, 2.45) is 23.2 Å². The Kier molecular flexibility index (Phi) is 3.10. The standard InChI is InChI=1S/C20H28O/c1-13-4-9-19-18-7-5-14-12-15(21-3)6-8-16(14)17(18)10-11-20(13,19)2/h6,8,12-13,17-19H,4-5,7,9-11H2,1-3H3/t13?,17-,18-,19+,20-/m1/s1. The van der Waals surface area contributed by atoms with E-state index in [-0.39, 0.29) is 0 Å². The van der Waals surface area contributed by atoms with Gasteiger partial charge in [0.05, 0.1) is 7.11 Å². The molecule has 2 saturated carbocycles. The maximum absolute atomic E-state index is 5.42. The molecule has 0 aliphatic heterocycles. The molecule has 0 spiro atoms. The van der Waals surface area contributed by atoms with Gasteiger partial charge < -0.3 is 4.74 Å². The van der Waals surface area contributed by atoms with E-state index in [1.54, 1.807) is 18.2 Å². The van der Waals surface area contributed by atoms with Gasteiger partial charge in [0, 0.05) is 0 Å². The van der Waals surface area contributed by atoms with Crippen LogP contribution in [0.4, 0.5) is 0 Å². The fourth-order valence-corrected chi connectivity index (χ4v) is 5.95. The summed E-state index contributed by atoms with van der Waals surface area (Å²) >= 11 is 0. The van der Waals surface area contributed by atoms with E-state index in [9.17, 15) is 0 Å². The van der Waals surface area contributed by atoms with Crippen molar-refractivity contribution < 1.29 is 4.74 Å². The van der Waals surface area contributed by atoms with Gasteiger partial charge in [-0.05, 0) is 90.9 Å². The zero-order valence-electron chi connectivity index (χ0n) is 13.7. The van der Waals surface area contributed by atoms with E-state index >= 15 is 0 Å². The fraction of sp³-hybridized carbons (Fsp3) is 0.700. The van der Waals surface area contributed by atoms with Crippen molar-refractivity contribution in [1.82, 2.24) is 0 Å². The molecule has 0 N–H and O–H groups in total. The molecule has 0 amide bonds. The Morgan fingerprint density at radius 1 is 1.14 bits per heavy atom. The number of rotatable bonds is 1. The van der Waals surface area contributed by atoms with Crippen molar-refractivity contribution in [3.8, 4) is 5.75 Å². The van der Waals surface area contributed by atoms with E-state index in [4.69, 9.17) is 4.74 Å². The van der Waals surface area contributed by atoms with Gasteiger partial charge in [0.2, 0.25) is 0 Å². The quantitative estimate of drug-likeness (QED) is 0.690. The summed E-state index contributed by atoms with van der Waals surface area (Å²) in [6.07, 6.45) is 8.43. The Morgan fingerprint density at radius 2 is 2.00 bits per heavy atom. The second-order valence-electron chi connectivity index (χ2n) is 8.00. The molecule has 114 valence electrons. The van der Waals surface area contributed by atoms with E-state index in [1.807, 2.05) is 0 Å². The second-order valence-corrected chi connectivity index (χ2v) is 8.00. The predicted octanol–water partition coefficient (Wildman–Crippen LogP) is 5.19. The Morgan fingerprint density at radius 3 is 2.81 bits per heavy atom. The summed E-state index contributed by atoms with van der Waals surface area (Å²) in [5.74, 6) is 4.70. The molecule has 0 saturated heterocycles. The molecule has 0 bridgehead atoms. The van der Waals surface area contributed by atoms with E-state index in [0.29, 0.717) is 5.41 Å². The molecular formula is C20H28O. The molecule has 1 nitrogen and oxygen atoms in total. The first-order valence-corrected chi connectivity index (χ1v) is 8.80. The van der Waals surface area contributed by atoms with Gasteiger partial charge in [0.15, 0.2) is 0 Å². The molecule has 0 heterocycles. The summed E-state index contributed by atoms with van der Waals surface area (Å²) in [4.78, 5) is 0. The largest absolute Gasteiger partial charge is 0.497 e. The smallest absolute Gasteiger partial charge is 0.119 e. The molecule has 4 rings (SSSR count). The molecule has 5 atom stereocenters. The SMILES string of the molecule is COc1ccc2c(c1)CC[C@@H]1[C@@H]2CC[C@]2(C)C(C)CC[C@@H]12. The third-order valence-electron chi connectivity index (χ3n) is 7.41. The van der Waals surface area contributed by atoms with Gasteiger partial charge in [-0.1, -0.05) is 19.9 Å². The summed E-state index contributed by atoms with van der Waals surface area (Å²) < 4.78 is 5.42. The average molecular weight is 284 g/mol. The summed E-state index contributed by atoms with van der Waals surface area (Å²) in [5.41, 5.74) is 3.84. The lowest BCUT2D eigenvalue weighted by Crippen LogP contribution is -2.41. The minimum absolute atomic E-state index is 0.630. The Labute approximate surface area is 129 Å². The molecule has 1 aromatic carbocycles. The molecule has 0 radical (unpaired) electrons. The van der Waals surface area contributed by atoms with Crippen molar-refractivity contribution in [3.63, 3.8) is 0 Å². The zero-order valence-corrected chi connectivity index (χ0v) is 13.7. The summed E-state index contributed by atoms with van der Waals surface area (Å²) in [5, 5.41) is 0. The van der Waals surface area contributed by atoms with Crippen LogP contribution in [-0.4, -0.2) is 7.11 Å². The number of hydrogen-bond acceptors (Lipinski definition) is 1. The molecule has 21 heavy (non-hydrogen) atoms. The molecule has 0 aromatic heterocycles. The molecule has 1 unspecified atom stereocenters. The minimum atomic E-state index is 0.630. The van der Waals surface area contributed by atoms with E-state index in [1.165, 1.54) is 38.5 Å². The van der Waals surface area contributed by atoms with Crippen LogP contribution in [0.3, 0.4) is 0 Å². The van der Waals surface area contributed by atoms with E-state index in [2.05, 4.69) is 32.0 Å². The van der Waals surface area contributed by atoms with E-state index in [0.717, 1.165) is 29.4 Å². The lowest BCUT2D eigenvalue weighted by atomic mass is 9.54. The Bertz CT molecular complexity index is 549. The van der Waals surface area contributed by atoms with Crippen molar-refractivity contribution in [1.29, 1.82) is 0 Å². The maximum atomic E-state index is 5.42.